The third kappa shape index (κ3) is 3.16. The molecule has 2 aliphatic carbocycles. The van der Waals surface area contributed by atoms with Gasteiger partial charge in [0.2, 0.25) is 5.91 Å². The van der Waals surface area contributed by atoms with Gasteiger partial charge in [-0.3, -0.25) is 4.79 Å². The molecule has 1 aliphatic heterocycles. The molecule has 0 aromatic heterocycles. The SMILES string of the molecule is NC1C2CCCC1CC(C(=O)N1Cc3ccccc3CC1c1ccccc1)C2. The molecule has 0 saturated heterocycles. The van der Waals surface area contributed by atoms with E-state index in [-0.39, 0.29) is 12.0 Å². The minimum atomic E-state index is 0.138. The number of benzene rings is 2. The molecule has 0 spiro atoms. The molecule has 5 rings (SSSR count). The molecule has 2 aromatic carbocycles. The van der Waals surface area contributed by atoms with E-state index in [4.69, 9.17) is 5.73 Å². The Hall–Kier alpha value is -2.13. The van der Waals surface area contributed by atoms with Crippen LogP contribution >= 0.6 is 0 Å². The van der Waals surface area contributed by atoms with E-state index in [0.29, 0.717) is 23.8 Å². The van der Waals surface area contributed by atoms with Gasteiger partial charge in [-0.2, -0.15) is 0 Å². The molecule has 146 valence electrons. The van der Waals surface area contributed by atoms with Crippen LogP contribution in [0.5, 0.6) is 0 Å². The summed E-state index contributed by atoms with van der Waals surface area (Å²) >= 11 is 0. The van der Waals surface area contributed by atoms with Gasteiger partial charge in [0.1, 0.15) is 0 Å². The molecular weight excluding hydrogens is 344 g/mol. The average molecular weight is 375 g/mol. The number of carbonyl (C=O) groups is 1. The number of hydrogen-bond donors (Lipinski definition) is 1. The Labute approximate surface area is 167 Å². The topological polar surface area (TPSA) is 46.3 Å². The van der Waals surface area contributed by atoms with Crippen LogP contribution in [0.3, 0.4) is 0 Å². The molecule has 1 heterocycles. The maximum Gasteiger partial charge on any atom is 0.226 e. The van der Waals surface area contributed by atoms with Gasteiger partial charge in [0.05, 0.1) is 6.04 Å². The van der Waals surface area contributed by atoms with Gasteiger partial charge in [-0.05, 0) is 60.6 Å². The predicted molar refractivity (Wildman–Crippen MR) is 111 cm³/mol. The van der Waals surface area contributed by atoms with E-state index < -0.39 is 0 Å². The highest BCUT2D eigenvalue weighted by molar-refractivity contribution is 5.80. The third-order valence-electron chi connectivity index (χ3n) is 7.48. The highest BCUT2D eigenvalue weighted by Gasteiger charge is 2.43. The summed E-state index contributed by atoms with van der Waals surface area (Å²) in [6, 6.07) is 19.6. The normalized spacial score (nSPS) is 31.9. The van der Waals surface area contributed by atoms with Crippen LogP contribution in [0.1, 0.15) is 54.8 Å². The summed E-state index contributed by atoms with van der Waals surface area (Å²) in [5, 5.41) is 0. The van der Waals surface area contributed by atoms with E-state index in [0.717, 1.165) is 25.8 Å². The van der Waals surface area contributed by atoms with Crippen molar-refractivity contribution in [3.8, 4) is 0 Å². The summed E-state index contributed by atoms with van der Waals surface area (Å²) in [6.45, 7) is 0.729. The second-order valence-corrected chi connectivity index (χ2v) is 9.06. The van der Waals surface area contributed by atoms with Gasteiger partial charge in [-0.15, -0.1) is 0 Å². The van der Waals surface area contributed by atoms with Gasteiger partial charge in [0, 0.05) is 18.5 Å². The van der Waals surface area contributed by atoms with Crippen molar-refractivity contribution < 1.29 is 4.79 Å². The minimum Gasteiger partial charge on any atom is -0.331 e. The van der Waals surface area contributed by atoms with Crippen molar-refractivity contribution in [1.29, 1.82) is 0 Å². The van der Waals surface area contributed by atoms with E-state index in [9.17, 15) is 4.79 Å². The lowest BCUT2D eigenvalue weighted by Crippen LogP contribution is -2.50. The lowest BCUT2D eigenvalue weighted by Gasteiger charge is -2.46. The second-order valence-electron chi connectivity index (χ2n) is 9.06. The van der Waals surface area contributed by atoms with Gasteiger partial charge < -0.3 is 10.6 Å². The molecule has 3 nitrogen and oxygen atoms in total. The van der Waals surface area contributed by atoms with Crippen LogP contribution in [0, 0.1) is 17.8 Å². The maximum absolute atomic E-state index is 13.8. The van der Waals surface area contributed by atoms with Gasteiger partial charge in [0.15, 0.2) is 0 Å². The van der Waals surface area contributed by atoms with E-state index in [1.54, 1.807) is 0 Å². The molecule has 2 aromatic rings. The molecule has 2 bridgehead atoms. The first kappa shape index (κ1) is 17.9. The highest BCUT2D eigenvalue weighted by atomic mass is 16.2. The summed E-state index contributed by atoms with van der Waals surface area (Å²) < 4.78 is 0. The molecular formula is C25H30N2O. The van der Waals surface area contributed by atoms with Gasteiger partial charge >= 0.3 is 0 Å². The molecule has 2 N–H and O–H groups in total. The standard InChI is InChI=1S/C25H30N2O/c26-24-19-11-6-12-20(24)14-22(13-19)25(28)27-16-21-10-5-4-9-18(21)15-23(27)17-7-2-1-3-8-17/h1-5,7-10,19-20,22-24H,6,11-16,26H2. The van der Waals surface area contributed by atoms with Crippen LogP contribution in [0.4, 0.5) is 0 Å². The van der Waals surface area contributed by atoms with E-state index in [2.05, 4.69) is 59.5 Å². The summed E-state index contributed by atoms with van der Waals surface area (Å²) in [7, 11) is 0. The van der Waals surface area contributed by atoms with Gasteiger partial charge in [-0.1, -0.05) is 61.0 Å². The number of rotatable bonds is 2. The van der Waals surface area contributed by atoms with Crippen molar-refractivity contribution in [2.45, 2.75) is 57.2 Å². The number of fused-ring (bicyclic) bond motifs is 3. The summed E-state index contributed by atoms with van der Waals surface area (Å²) in [5.41, 5.74) is 10.4. The zero-order valence-corrected chi connectivity index (χ0v) is 16.5. The van der Waals surface area contributed by atoms with Crippen LogP contribution in [0.15, 0.2) is 54.6 Å². The fourth-order valence-corrected chi connectivity index (χ4v) is 5.95. The van der Waals surface area contributed by atoms with E-state index in [1.807, 2.05) is 0 Å². The molecule has 3 aliphatic rings. The maximum atomic E-state index is 13.8. The first-order chi connectivity index (χ1) is 13.7. The fraction of sp³-hybridized carbons (Fsp3) is 0.480. The van der Waals surface area contributed by atoms with E-state index in [1.165, 1.54) is 36.0 Å². The molecule has 3 unspecified atom stereocenters. The summed E-state index contributed by atoms with van der Waals surface area (Å²) in [6.07, 6.45) is 6.56. The van der Waals surface area contributed by atoms with Crippen molar-refractivity contribution in [3.05, 3.63) is 71.3 Å². The van der Waals surface area contributed by atoms with Crippen molar-refractivity contribution in [2.75, 3.05) is 0 Å². The number of hydrogen-bond acceptors (Lipinski definition) is 2. The zero-order chi connectivity index (χ0) is 19.1. The van der Waals surface area contributed by atoms with Crippen molar-refractivity contribution >= 4 is 5.91 Å². The number of nitrogens with zero attached hydrogens (tertiary/aromatic N) is 1. The Bertz CT molecular complexity index is 835. The lowest BCUT2D eigenvalue weighted by atomic mass is 9.64. The van der Waals surface area contributed by atoms with Gasteiger partial charge in [0.25, 0.3) is 0 Å². The second kappa shape index (κ2) is 7.36. The first-order valence-electron chi connectivity index (χ1n) is 10.9. The van der Waals surface area contributed by atoms with Crippen LogP contribution < -0.4 is 5.73 Å². The van der Waals surface area contributed by atoms with Crippen LogP contribution in [0.2, 0.25) is 0 Å². The Morgan fingerprint density at radius 3 is 2.25 bits per heavy atom. The average Bonchev–Trinajstić information content (AvgIpc) is 2.73. The smallest absolute Gasteiger partial charge is 0.226 e. The molecule has 1 amide bonds. The van der Waals surface area contributed by atoms with Crippen LogP contribution in [0.25, 0.3) is 0 Å². The van der Waals surface area contributed by atoms with Gasteiger partial charge in [-0.25, -0.2) is 0 Å². The van der Waals surface area contributed by atoms with Crippen molar-refractivity contribution in [1.82, 2.24) is 4.90 Å². The Kier molecular flexibility index (Phi) is 4.72. The molecule has 2 saturated carbocycles. The van der Waals surface area contributed by atoms with E-state index >= 15 is 0 Å². The Morgan fingerprint density at radius 1 is 0.893 bits per heavy atom. The largest absolute Gasteiger partial charge is 0.331 e. The molecule has 28 heavy (non-hydrogen) atoms. The molecule has 0 radical (unpaired) electrons. The first-order valence-corrected chi connectivity index (χ1v) is 10.9. The number of amides is 1. The fourth-order valence-electron chi connectivity index (χ4n) is 5.95. The molecule has 3 atom stereocenters. The minimum absolute atomic E-state index is 0.138. The third-order valence-corrected chi connectivity index (χ3v) is 7.48. The quantitative estimate of drug-likeness (QED) is 0.843. The number of nitrogens with two attached hydrogens (primary N) is 1. The van der Waals surface area contributed by atoms with Crippen LogP contribution in [-0.2, 0) is 17.8 Å². The zero-order valence-electron chi connectivity index (χ0n) is 16.5. The van der Waals surface area contributed by atoms with Crippen LogP contribution in [-0.4, -0.2) is 16.8 Å². The Morgan fingerprint density at radius 2 is 1.54 bits per heavy atom. The van der Waals surface area contributed by atoms with Crippen molar-refractivity contribution in [3.63, 3.8) is 0 Å². The monoisotopic (exact) mass is 374 g/mol. The highest BCUT2D eigenvalue weighted by Crippen LogP contribution is 2.44. The molecule has 2 fully saturated rings. The van der Waals surface area contributed by atoms with Crippen molar-refractivity contribution in [2.24, 2.45) is 23.5 Å². The molecule has 3 heteroatoms. The number of carbonyl (C=O) groups excluding carboxylic acids is 1. The lowest BCUT2D eigenvalue weighted by molar-refractivity contribution is -0.142. The summed E-state index contributed by atoms with van der Waals surface area (Å²) in [5.74, 6) is 1.57. The summed E-state index contributed by atoms with van der Waals surface area (Å²) in [4.78, 5) is 15.9. The predicted octanol–water partition coefficient (Wildman–Crippen LogP) is 4.47. The Balaban J connectivity index is 1.45.